The van der Waals surface area contributed by atoms with Crippen LogP contribution in [0.5, 0.6) is 0 Å². The summed E-state index contributed by atoms with van der Waals surface area (Å²) in [6, 6.07) is 0.375. The Balaban J connectivity index is 1.41. The maximum Gasteiger partial charge on any atom is 0.225 e. The van der Waals surface area contributed by atoms with Gasteiger partial charge in [0, 0.05) is 63.1 Å². The Hall–Kier alpha value is -1.48. The van der Waals surface area contributed by atoms with Gasteiger partial charge >= 0.3 is 0 Å². The highest BCUT2D eigenvalue weighted by atomic mass is 32.2. The normalized spacial score (nSPS) is 23.4. The Bertz CT molecular complexity index is 663. The second-order valence-corrected chi connectivity index (χ2v) is 9.63. The van der Waals surface area contributed by atoms with Gasteiger partial charge in [-0.2, -0.15) is 11.8 Å². The van der Waals surface area contributed by atoms with Gasteiger partial charge in [-0.3, -0.25) is 9.79 Å². The maximum absolute atomic E-state index is 12.7. The molecule has 3 rings (SSSR count). The number of nitrogens with zero attached hydrogens (tertiary/aromatic N) is 4. The molecule has 1 saturated carbocycles. The number of amides is 1. The van der Waals surface area contributed by atoms with Crippen LogP contribution in [-0.4, -0.2) is 73.5 Å². The number of carbonyl (C=O) groups excluding carboxylic acids is 1. The van der Waals surface area contributed by atoms with Gasteiger partial charge in [0.25, 0.3) is 0 Å². The zero-order valence-electron chi connectivity index (χ0n) is 17.1. The molecule has 7 nitrogen and oxygen atoms in total. The van der Waals surface area contributed by atoms with Gasteiger partial charge in [0.05, 0.1) is 12.2 Å². The number of aliphatic imine (C=N–C) groups is 1. The van der Waals surface area contributed by atoms with Crippen molar-refractivity contribution in [1.82, 2.24) is 20.5 Å². The van der Waals surface area contributed by atoms with Gasteiger partial charge < -0.3 is 20.4 Å². The molecule has 1 aromatic rings. The van der Waals surface area contributed by atoms with Crippen molar-refractivity contribution in [2.75, 3.05) is 50.6 Å². The fourth-order valence-corrected chi connectivity index (χ4v) is 5.33. The number of thiazole rings is 1. The van der Waals surface area contributed by atoms with Crippen molar-refractivity contribution in [2.24, 2.45) is 10.9 Å². The summed E-state index contributed by atoms with van der Waals surface area (Å²) in [6.45, 7) is 2.50. The predicted molar refractivity (Wildman–Crippen MR) is 119 cm³/mol. The molecular weight excluding hydrogens is 392 g/mol. The van der Waals surface area contributed by atoms with E-state index < -0.39 is 0 Å². The van der Waals surface area contributed by atoms with Crippen LogP contribution in [-0.2, 0) is 11.3 Å². The lowest BCUT2D eigenvalue weighted by molar-refractivity contribution is -0.136. The molecule has 1 aliphatic carbocycles. The van der Waals surface area contributed by atoms with Crippen LogP contribution in [0.25, 0.3) is 0 Å². The van der Waals surface area contributed by atoms with Crippen molar-refractivity contribution in [1.29, 1.82) is 0 Å². The molecule has 2 N–H and O–H groups in total. The van der Waals surface area contributed by atoms with Crippen LogP contribution in [0.15, 0.2) is 10.4 Å². The number of rotatable bonds is 5. The van der Waals surface area contributed by atoms with Crippen LogP contribution in [0.2, 0.25) is 0 Å². The molecule has 2 heterocycles. The van der Waals surface area contributed by atoms with E-state index in [-0.39, 0.29) is 5.92 Å². The van der Waals surface area contributed by atoms with Crippen LogP contribution < -0.4 is 15.5 Å². The average molecular weight is 425 g/mol. The van der Waals surface area contributed by atoms with Gasteiger partial charge in [-0.25, -0.2) is 4.98 Å². The summed E-state index contributed by atoms with van der Waals surface area (Å²) in [5.41, 5.74) is 1.02. The molecule has 0 radical (unpaired) electrons. The SMILES string of the molecule is CN=C(NCc1csc(N(C)C)n1)NC1CCC(C(=O)N2CCSCC2)CC1. The zero-order valence-corrected chi connectivity index (χ0v) is 18.7. The number of guanidine groups is 1. The minimum Gasteiger partial charge on any atom is -0.354 e. The minimum absolute atomic E-state index is 0.204. The first-order valence-electron chi connectivity index (χ1n) is 10.0. The van der Waals surface area contributed by atoms with Crippen molar-refractivity contribution in [3.8, 4) is 0 Å². The third kappa shape index (κ3) is 5.76. The van der Waals surface area contributed by atoms with E-state index >= 15 is 0 Å². The van der Waals surface area contributed by atoms with Crippen LogP contribution in [0.3, 0.4) is 0 Å². The van der Waals surface area contributed by atoms with E-state index in [0.717, 1.165) is 67.1 Å². The van der Waals surface area contributed by atoms with Crippen molar-refractivity contribution in [3.63, 3.8) is 0 Å². The molecular formula is C19H32N6OS2. The first-order chi connectivity index (χ1) is 13.6. The van der Waals surface area contributed by atoms with Crippen LogP contribution in [0, 0.1) is 5.92 Å². The molecule has 1 amide bonds. The van der Waals surface area contributed by atoms with Crippen molar-refractivity contribution in [2.45, 2.75) is 38.3 Å². The van der Waals surface area contributed by atoms with Gasteiger partial charge in [0.2, 0.25) is 5.91 Å². The Labute approximate surface area is 176 Å². The van der Waals surface area contributed by atoms with Crippen LogP contribution in [0.4, 0.5) is 5.13 Å². The number of aromatic nitrogens is 1. The smallest absolute Gasteiger partial charge is 0.225 e. The number of hydrogen-bond donors (Lipinski definition) is 2. The van der Waals surface area contributed by atoms with Crippen molar-refractivity contribution < 1.29 is 4.79 Å². The summed E-state index contributed by atoms with van der Waals surface area (Å²) in [6.07, 6.45) is 3.97. The standard InChI is InChI=1S/C19H32N6OS2/c1-20-18(21-12-16-13-28-19(23-16)24(2)3)22-15-6-4-14(5-7-15)17(26)25-8-10-27-11-9-25/h13-15H,4-12H2,1-3H3,(H2,20,21,22). The molecule has 28 heavy (non-hydrogen) atoms. The zero-order chi connectivity index (χ0) is 19.9. The van der Waals surface area contributed by atoms with Crippen molar-refractivity contribution >= 4 is 40.1 Å². The third-order valence-corrected chi connectivity index (χ3v) is 7.32. The number of anilines is 1. The molecule has 0 spiro atoms. The van der Waals surface area contributed by atoms with Crippen LogP contribution in [0.1, 0.15) is 31.4 Å². The average Bonchev–Trinajstić information content (AvgIpc) is 3.21. The van der Waals surface area contributed by atoms with Gasteiger partial charge in [-0.1, -0.05) is 0 Å². The quantitative estimate of drug-likeness (QED) is 0.556. The lowest BCUT2D eigenvalue weighted by Crippen LogP contribution is -2.47. The van der Waals surface area contributed by atoms with Crippen molar-refractivity contribution in [3.05, 3.63) is 11.1 Å². The van der Waals surface area contributed by atoms with E-state index in [1.807, 2.05) is 30.8 Å². The van der Waals surface area contributed by atoms with E-state index in [2.05, 4.69) is 30.9 Å². The summed E-state index contributed by atoms with van der Waals surface area (Å²) >= 11 is 3.59. The predicted octanol–water partition coefficient (Wildman–Crippen LogP) is 2.01. The van der Waals surface area contributed by atoms with E-state index in [1.54, 1.807) is 18.4 Å². The lowest BCUT2D eigenvalue weighted by Gasteiger charge is -2.34. The molecule has 2 aliphatic rings. The topological polar surface area (TPSA) is 72.9 Å². The molecule has 1 aliphatic heterocycles. The van der Waals surface area contributed by atoms with E-state index in [1.165, 1.54) is 0 Å². The summed E-state index contributed by atoms with van der Waals surface area (Å²) in [5.74, 6) is 3.55. The number of hydrogen-bond acceptors (Lipinski definition) is 6. The summed E-state index contributed by atoms with van der Waals surface area (Å²) < 4.78 is 0. The fraction of sp³-hybridized carbons (Fsp3) is 0.737. The molecule has 156 valence electrons. The van der Waals surface area contributed by atoms with Crippen LogP contribution >= 0.6 is 23.1 Å². The first-order valence-corrected chi connectivity index (χ1v) is 12.1. The molecule has 0 unspecified atom stereocenters. The van der Waals surface area contributed by atoms with Gasteiger partial charge in [-0.15, -0.1) is 11.3 Å². The fourth-order valence-electron chi connectivity index (χ4n) is 3.67. The van der Waals surface area contributed by atoms with Gasteiger partial charge in [0.1, 0.15) is 0 Å². The number of thioether (sulfide) groups is 1. The maximum atomic E-state index is 12.7. The van der Waals surface area contributed by atoms with E-state index in [4.69, 9.17) is 0 Å². The molecule has 0 atom stereocenters. The Morgan fingerprint density at radius 2 is 2.00 bits per heavy atom. The summed E-state index contributed by atoms with van der Waals surface area (Å²) in [5, 5.41) is 9.96. The Morgan fingerprint density at radius 3 is 2.61 bits per heavy atom. The summed E-state index contributed by atoms with van der Waals surface area (Å²) in [4.78, 5) is 25.7. The molecule has 2 fully saturated rings. The molecule has 0 bridgehead atoms. The number of nitrogens with one attached hydrogen (secondary N) is 2. The second kappa shape index (κ2) is 10.3. The summed E-state index contributed by atoms with van der Waals surface area (Å²) in [7, 11) is 5.80. The highest BCUT2D eigenvalue weighted by molar-refractivity contribution is 7.99. The highest BCUT2D eigenvalue weighted by Gasteiger charge is 2.30. The van der Waals surface area contributed by atoms with E-state index in [9.17, 15) is 4.79 Å². The second-order valence-electron chi connectivity index (χ2n) is 7.57. The first kappa shape index (κ1) is 21.2. The van der Waals surface area contributed by atoms with E-state index in [0.29, 0.717) is 18.5 Å². The molecule has 1 aromatic heterocycles. The molecule has 0 aromatic carbocycles. The minimum atomic E-state index is 0.204. The molecule has 1 saturated heterocycles. The third-order valence-electron chi connectivity index (χ3n) is 5.32. The molecule has 9 heteroatoms. The van der Waals surface area contributed by atoms with Gasteiger partial charge in [0.15, 0.2) is 11.1 Å². The lowest BCUT2D eigenvalue weighted by atomic mass is 9.85. The monoisotopic (exact) mass is 424 g/mol. The Kier molecular flexibility index (Phi) is 7.84. The number of carbonyl (C=O) groups is 1. The highest BCUT2D eigenvalue weighted by Crippen LogP contribution is 2.27. The van der Waals surface area contributed by atoms with Gasteiger partial charge in [-0.05, 0) is 25.7 Å². The largest absolute Gasteiger partial charge is 0.354 e. The Morgan fingerprint density at radius 1 is 1.29 bits per heavy atom.